The van der Waals surface area contributed by atoms with Crippen molar-refractivity contribution in [1.29, 1.82) is 0 Å². The van der Waals surface area contributed by atoms with Gasteiger partial charge in [-0.1, -0.05) is 11.8 Å². The highest BCUT2D eigenvalue weighted by atomic mass is 32.2. The van der Waals surface area contributed by atoms with Crippen molar-refractivity contribution in [3.63, 3.8) is 0 Å². The maximum absolute atomic E-state index is 5.42. The van der Waals surface area contributed by atoms with E-state index in [1.54, 1.807) is 23.6 Å². The molecule has 0 bridgehead atoms. The van der Waals surface area contributed by atoms with E-state index in [-0.39, 0.29) is 0 Å². The average Bonchev–Trinajstić information content (AvgIpc) is 2.61. The molecule has 0 fully saturated rings. The Kier molecular flexibility index (Phi) is 5.50. The molecule has 2 N–H and O–H groups in total. The largest absolute Gasteiger partial charge is 0.385 e. The van der Waals surface area contributed by atoms with E-state index in [1.807, 2.05) is 0 Å². The summed E-state index contributed by atoms with van der Waals surface area (Å²) in [6, 6.07) is 0. The molecule has 6 nitrogen and oxygen atoms in total. The Morgan fingerprint density at radius 3 is 3.14 bits per heavy atom. The van der Waals surface area contributed by atoms with Crippen LogP contribution in [0.15, 0.2) is 5.16 Å². The van der Waals surface area contributed by atoms with E-state index in [4.69, 9.17) is 10.5 Å². The van der Waals surface area contributed by atoms with Crippen molar-refractivity contribution >= 4 is 11.8 Å². The first-order valence-electron chi connectivity index (χ1n) is 4.46. The molecule has 0 aliphatic heterocycles. The van der Waals surface area contributed by atoms with E-state index in [0.717, 1.165) is 23.9 Å². The van der Waals surface area contributed by atoms with Crippen LogP contribution in [0.25, 0.3) is 0 Å². The average molecular weight is 217 g/mol. The van der Waals surface area contributed by atoms with Gasteiger partial charge in [0.05, 0.1) is 6.54 Å². The van der Waals surface area contributed by atoms with Crippen molar-refractivity contribution in [2.75, 3.05) is 26.0 Å². The monoisotopic (exact) mass is 217 g/mol. The second-order valence-electron chi connectivity index (χ2n) is 2.67. The number of aromatic nitrogens is 4. The Hall–Kier alpha value is -0.660. The number of nitrogens with two attached hydrogens (primary N) is 1. The molecule has 0 aliphatic carbocycles. The van der Waals surface area contributed by atoms with Crippen LogP contribution in [-0.2, 0) is 11.3 Å². The fourth-order valence-electron chi connectivity index (χ4n) is 0.929. The Balaban J connectivity index is 2.30. The van der Waals surface area contributed by atoms with E-state index in [0.29, 0.717) is 13.1 Å². The number of hydrogen-bond donors (Lipinski definition) is 1. The van der Waals surface area contributed by atoms with Gasteiger partial charge >= 0.3 is 0 Å². The zero-order chi connectivity index (χ0) is 10.2. The maximum Gasteiger partial charge on any atom is 0.209 e. The molecule has 0 aliphatic rings. The third-order valence-electron chi connectivity index (χ3n) is 1.56. The summed E-state index contributed by atoms with van der Waals surface area (Å²) in [6.45, 7) is 1.99. The molecule has 0 aromatic carbocycles. The number of rotatable bonds is 7. The van der Waals surface area contributed by atoms with Crippen molar-refractivity contribution < 1.29 is 4.74 Å². The van der Waals surface area contributed by atoms with Gasteiger partial charge in [0.25, 0.3) is 0 Å². The summed E-state index contributed by atoms with van der Waals surface area (Å²) in [6.07, 6.45) is 0.997. The van der Waals surface area contributed by atoms with Crippen LogP contribution in [0.4, 0.5) is 0 Å². The first-order chi connectivity index (χ1) is 6.88. The molecule has 14 heavy (non-hydrogen) atoms. The zero-order valence-corrected chi connectivity index (χ0v) is 9.03. The smallest absolute Gasteiger partial charge is 0.209 e. The van der Waals surface area contributed by atoms with Crippen molar-refractivity contribution in [3.05, 3.63) is 0 Å². The summed E-state index contributed by atoms with van der Waals surface area (Å²) < 4.78 is 6.67. The Morgan fingerprint density at radius 2 is 2.43 bits per heavy atom. The van der Waals surface area contributed by atoms with Crippen molar-refractivity contribution in [3.8, 4) is 0 Å². The van der Waals surface area contributed by atoms with Crippen LogP contribution in [-0.4, -0.2) is 46.2 Å². The number of methoxy groups -OCH3 is 1. The Labute approximate surface area is 87.2 Å². The summed E-state index contributed by atoms with van der Waals surface area (Å²) in [5.41, 5.74) is 5.42. The molecule has 7 heteroatoms. The molecule has 1 rings (SSSR count). The quantitative estimate of drug-likeness (QED) is 0.501. The highest BCUT2D eigenvalue weighted by Crippen LogP contribution is 2.13. The van der Waals surface area contributed by atoms with E-state index < -0.39 is 0 Å². The van der Waals surface area contributed by atoms with Gasteiger partial charge in [0.2, 0.25) is 5.16 Å². The summed E-state index contributed by atoms with van der Waals surface area (Å²) in [5, 5.41) is 12.1. The predicted molar refractivity (Wildman–Crippen MR) is 54.1 cm³/mol. The van der Waals surface area contributed by atoms with Crippen LogP contribution >= 0.6 is 11.8 Å². The Morgan fingerprint density at radius 1 is 1.57 bits per heavy atom. The van der Waals surface area contributed by atoms with Gasteiger partial charge < -0.3 is 10.5 Å². The predicted octanol–water partition coefficient (Wildman–Crippen LogP) is -0.240. The number of ether oxygens (including phenoxy) is 1. The number of tetrazole rings is 1. The zero-order valence-electron chi connectivity index (χ0n) is 8.22. The minimum atomic E-state index is 0.552. The molecule has 0 unspecified atom stereocenters. The third-order valence-corrected chi connectivity index (χ3v) is 2.61. The first-order valence-corrected chi connectivity index (χ1v) is 5.45. The van der Waals surface area contributed by atoms with Gasteiger partial charge in [0.1, 0.15) is 0 Å². The van der Waals surface area contributed by atoms with Gasteiger partial charge in [-0.2, -0.15) is 0 Å². The van der Waals surface area contributed by atoms with Gasteiger partial charge in [-0.15, -0.1) is 5.10 Å². The molecule has 80 valence electrons. The molecule has 0 saturated carbocycles. The van der Waals surface area contributed by atoms with Crippen LogP contribution < -0.4 is 5.73 Å². The molecule has 0 radical (unpaired) electrons. The molecule has 0 spiro atoms. The molecular formula is C7H15N5OS. The lowest BCUT2D eigenvalue weighted by Gasteiger charge is -2.01. The minimum absolute atomic E-state index is 0.552. The topological polar surface area (TPSA) is 78.9 Å². The number of thioether (sulfide) groups is 1. The van der Waals surface area contributed by atoms with E-state index in [2.05, 4.69) is 15.5 Å². The van der Waals surface area contributed by atoms with Crippen molar-refractivity contribution in [1.82, 2.24) is 20.2 Å². The fourth-order valence-corrected chi connectivity index (χ4v) is 1.75. The molecule has 0 amide bonds. The third kappa shape index (κ3) is 3.60. The van der Waals surface area contributed by atoms with Gasteiger partial charge in [-0.05, 0) is 16.8 Å². The van der Waals surface area contributed by atoms with Crippen molar-refractivity contribution in [2.45, 2.75) is 18.1 Å². The lowest BCUT2D eigenvalue weighted by molar-refractivity contribution is 0.200. The van der Waals surface area contributed by atoms with E-state index in [9.17, 15) is 0 Å². The summed E-state index contributed by atoms with van der Waals surface area (Å²) in [5.74, 6) is 0.957. The Bertz CT molecular complexity index is 254. The second-order valence-corrected chi connectivity index (χ2v) is 3.73. The van der Waals surface area contributed by atoms with Gasteiger partial charge in [0.15, 0.2) is 0 Å². The maximum atomic E-state index is 5.42. The number of hydrogen-bond acceptors (Lipinski definition) is 6. The first kappa shape index (κ1) is 11.4. The summed E-state index contributed by atoms with van der Waals surface area (Å²) in [4.78, 5) is 0. The minimum Gasteiger partial charge on any atom is -0.385 e. The molecular weight excluding hydrogens is 202 g/mol. The fraction of sp³-hybridized carbons (Fsp3) is 0.857. The van der Waals surface area contributed by atoms with E-state index >= 15 is 0 Å². The summed E-state index contributed by atoms with van der Waals surface area (Å²) >= 11 is 1.62. The molecule has 1 aromatic heterocycles. The number of nitrogens with zero attached hydrogens (tertiary/aromatic N) is 4. The standard InChI is InChI=1S/C7H15N5OS/c1-13-5-2-6-14-7-9-10-11-12(7)4-3-8/h2-6,8H2,1H3. The summed E-state index contributed by atoms with van der Waals surface area (Å²) in [7, 11) is 1.70. The van der Waals surface area contributed by atoms with Crippen molar-refractivity contribution in [2.24, 2.45) is 5.73 Å². The van der Waals surface area contributed by atoms with Crippen LogP contribution in [0.2, 0.25) is 0 Å². The van der Waals surface area contributed by atoms with Gasteiger partial charge in [0, 0.05) is 26.0 Å². The van der Waals surface area contributed by atoms with Crippen LogP contribution in [0.3, 0.4) is 0 Å². The lowest BCUT2D eigenvalue weighted by Crippen LogP contribution is -2.12. The second kappa shape index (κ2) is 6.74. The van der Waals surface area contributed by atoms with Gasteiger partial charge in [-0.25, -0.2) is 4.68 Å². The highest BCUT2D eigenvalue weighted by molar-refractivity contribution is 7.99. The van der Waals surface area contributed by atoms with Crippen LogP contribution in [0.5, 0.6) is 0 Å². The highest BCUT2D eigenvalue weighted by Gasteiger charge is 2.04. The molecule has 1 aromatic rings. The van der Waals surface area contributed by atoms with Gasteiger partial charge in [-0.3, -0.25) is 0 Å². The normalized spacial score (nSPS) is 10.7. The molecule has 0 saturated heterocycles. The van der Waals surface area contributed by atoms with E-state index in [1.165, 1.54) is 0 Å². The molecule has 0 atom stereocenters. The van der Waals surface area contributed by atoms with Crippen LogP contribution in [0.1, 0.15) is 6.42 Å². The lowest BCUT2D eigenvalue weighted by atomic mass is 10.5. The molecule has 1 heterocycles. The SMILES string of the molecule is COCCCSc1nnnn1CCN. The van der Waals surface area contributed by atoms with Crippen LogP contribution in [0, 0.1) is 0 Å².